The van der Waals surface area contributed by atoms with Crippen molar-refractivity contribution >= 4 is 63.5 Å². The maximum absolute atomic E-state index is 14.9. The highest BCUT2D eigenvalue weighted by Gasteiger charge is 2.42. The van der Waals surface area contributed by atoms with E-state index < -0.39 is 111 Å². The average Bonchev–Trinajstić information content (AvgIpc) is 1.35. The Hall–Kier alpha value is -8.78. The molecule has 25 nitrogen and oxygen atoms in total. The van der Waals surface area contributed by atoms with Crippen LogP contribution in [0.4, 0.5) is 4.79 Å². The number of alkyl carbamates (subject to hydrolysis) is 1. The molecule has 2 aliphatic rings. The minimum absolute atomic E-state index is 0.00461. The molecule has 1 saturated heterocycles. The topological polar surface area (TPSA) is 392 Å². The Morgan fingerprint density at radius 2 is 1.26 bits per heavy atom. The van der Waals surface area contributed by atoms with Crippen LogP contribution in [0.25, 0.3) is 0 Å². The minimum atomic E-state index is -4.30. The summed E-state index contributed by atoms with van der Waals surface area (Å²) in [5, 5.41) is 45.3. The second kappa shape index (κ2) is 31.1. The number of carboxylic acid groups (broad SMARTS) is 1. The number of aliphatic carboxylic acids is 1. The van der Waals surface area contributed by atoms with E-state index in [0.717, 1.165) is 22.3 Å². The van der Waals surface area contributed by atoms with E-state index >= 15 is 0 Å². The number of guanidine groups is 2. The summed E-state index contributed by atoms with van der Waals surface area (Å²) in [5.41, 5.74) is 14.0. The number of nitrogens with one attached hydrogen (secondary N) is 10. The number of likely N-dealkylation sites (tertiary alicyclic amines) is 1. The normalized spacial score (nSPS) is 15.7. The van der Waals surface area contributed by atoms with E-state index in [1.165, 1.54) is 4.90 Å². The third-order valence-electron chi connectivity index (χ3n) is 15.7. The van der Waals surface area contributed by atoms with Gasteiger partial charge < -0.3 is 68.2 Å². The number of unbranched alkanes of at least 4 members (excludes halogenated alkanes) is 1. The third-order valence-corrected chi connectivity index (χ3v) is 17.4. The standard InChI is InChI=1S/C64H89N13O12S/c1-39-40(2)53(41(3)45-38-63(7,8)88-52(39)45)90(86,87)76-60(68)70-35-20-30-47(55(80)74-49(58(83)84)31-21-34-69-59(66)67)72-56(81)50-32-22-36-77(50)57(82)48(29-18-19-33-71-61(85)89-62(4,5)6)73-54(79)46(65)37-51(78)75-64(42-23-12-9-13-24-42,43-25-14-10-15-26-43)44-27-16-11-17-28-44/h9-17,23-28,46-50H,18-22,29-38,65H2,1-8H3,(H,71,85)(H,72,81)(H,73,79)(H,74,80)(H,75,78)(H,83,84)(H4,66,67,69)(H3,68,70,76)/t46-,47-,48-,49-,50-/m0/s1. The molecule has 0 saturated carbocycles. The van der Waals surface area contributed by atoms with Crippen LogP contribution in [-0.4, -0.2) is 140 Å². The lowest BCUT2D eigenvalue weighted by Gasteiger charge is -2.37. The fourth-order valence-electron chi connectivity index (χ4n) is 11.3. The molecule has 2 aliphatic heterocycles. The Balaban J connectivity index is 1.19. The van der Waals surface area contributed by atoms with E-state index in [1.807, 2.05) is 105 Å². The van der Waals surface area contributed by atoms with Crippen LogP contribution >= 0.6 is 0 Å². The van der Waals surface area contributed by atoms with Gasteiger partial charge in [-0.05, 0) is 147 Å². The quantitative estimate of drug-likeness (QED) is 0.0157. The number of sulfonamides is 1. The van der Waals surface area contributed by atoms with Crippen LogP contribution in [0, 0.1) is 31.6 Å². The van der Waals surface area contributed by atoms with Crippen LogP contribution in [0.2, 0.25) is 0 Å². The van der Waals surface area contributed by atoms with Crippen molar-refractivity contribution in [1.29, 1.82) is 10.8 Å². The second-order valence-corrected chi connectivity index (χ2v) is 26.0. The van der Waals surface area contributed by atoms with Crippen molar-refractivity contribution in [3.8, 4) is 5.75 Å². The molecule has 0 aliphatic carbocycles. The van der Waals surface area contributed by atoms with Gasteiger partial charge in [-0.1, -0.05) is 91.0 Å². The first-order chi connectivity index (χ1) is 42.4. The fraction of sp³-hybridized carbons (Fsp3) is 0.484. The van der Waals surface area contributed by atoms with Gasteiger partial charge in [-0.2, -0.15) is 0 Å². The fourth-order valence-corrected chi connectivity index (χ4v) is 12.9. The van der Waals surface area contributed by atoms with E-state index in [-0.39, 0.29) is 82.0 Å². The van der Waals surface area contributed by atoms with Crippen LogP contribution in [0.15, 0.2) is 95.9 Å². The zero-order valence-corrected chi connectivity index (χ0v) is 53.4. The summed E-state index contributed by atoms with van der Waals surface area (Å²) in [5.74, 6) is -5.36. The molecule has 0 unspecified atom stereocenters. The monoisotopic (exact) mass is 1260 g/mol. The molecule has 2 heterocycles. The summed E-state index contributed by atoms with van der Waals surface area (Å²) in [4.78, 5) is 98.5. The van der Waals surface area contributed by atoms with Crippen molar-refractivity contribution in [2.24, 2.45) is 11.5 Å². The lowest BCUT2D eigenvalue weighted by Crippen LogP contribution is -2.58. The van der Waals surface area contributed by atoms with Crippen molar-refractivity contribution in [2.45, 2.75) is 178 Å². The number of amides is 6. The zero-order valence-electron chi connectivity index (χ0n) is 52.6. The van der Waals surface area contributed by atoms with E-state index in [4.69, 9.17) is 31.8 Å². The van der Waals surface area contributed by atoms with Crippen LogP contribution in [0.5, 0.6) is 5.75 Å². The number of hydrogen-bond donors (Lipinski definition) is 13. The summed E-state index contributed by atoms with van der Waals surface area (Å²) < 4.78 is 41.6. The molecule has 6 rings (SSSR count). The number of nitrogens with two attached hydrogens (primary N) is 2. The van der Waals surface area contributed by atoms with Gasteiger partial charge in [0, 0.05) is 38.2 Å². The summed E-state index contributed by atoms with van der Waals surface area (Å²) in [7, 11) is -4.30. The first-order valence-electron chi connectivity index (χ1n) is 30.3. The van der Waals surface area contributed by atoms with E-state index in [0.29, 0.717) is 41.7 Å². The van der Waals surface area contributed by atoms with E-state index in [9.17, 15) is 47.1 Å². The number of nitrogens with zero attached hydrogens (tertiary/aromatic N) is 1. The molecular weight excluding hydrogens is 1170 g/mol. The van der Waals surface area contributed by atoms with Gasteiger partial charge in [-0.3, -0.25) is 34.8 Å². The SMILES string of the molecule is Cc1c(C)c(S(=O)(=O)NC(=N)NCCC[C@H](NC(=O)[C@@H]2CCCN2C(=O)[C@H](CCCCNC(=O)OC(C)(C)C)NC(=O)[C@@H](N)CC(=O)NC(c2ccccc2)(c2ccccc2)c2ccccc2)C(=O)N[C@@H](CCCNC(=N)N)C(=O)O)c(C)c2c1OC(C)(C)C2. The molecule has 4 aromatic rings. The number of carbonyl (C=O) groups is 7. The molecule has 90 heavy (non-hydrogen) atoms. The Morgan fingerprint density at radius 3 is 1.81 bits per heavy atom. The Kier molecular flexibility index (Phi) is 24.3. The maximum Gasteiger partial charge on any atom is 0.407 e. The van der Waals surface area contributed by atoms with Crippen LogP contribution in [-0.2, 0) is 55.5 Å². The molecule has 1 fully saturated rings. The van der Waals surface area contributed by atoms with E-state index in [2.05, 4.69) is 41.9 Å². The highest BCUT2D eigenvalue weighted by molar-refractivity contribution is 7.90. The molecule has 4 aromatic carbocycles. The lowest BCUT2D eigenvalue weighted by atomic mass is 9.77. The molecule has 6 amide bonds. The number of hydrogen-bond acceptors (Lipinski definition) is 14. The van der Waals surface area contributed by atoms with Crippen molar-refractivity contribution in [1.82, 2.24) is 46.8 Å². The number of carbonyl (C=O) groups excluding carboxylic acids is 6. The van der Waals surface area contributed by atoms with Crippen LogP contribution in [0.1, 0.15) is 138 Å². The summed E-state index contributed by atoms with van der Waals surface area (Å²) in [6.07, 6.45) is 0.358. The van der Waals surface area contributed by atoms with Crippen LogP contribution in [0.3, 0.4) is 0 Å². The molecule has 0 spiro atoms. The predicted molar refractivity (Wildman–Crippen MR) is 340 cm³/mol. The van der Waals surface area contributed by atoms with E-state index in [1.54, 1.807) is 41.5 Å². The van der Waals surface area contributed by atoms with Crippen molar-refractivity contribution in [2.75, 3.05) is 26.2 Å². The Morgan fingerprint density at radius 1 is 0.722 bits per heavy atom. The first kappa shape index (κ1) is 70.3. The Labute approximate surface area is 526 Å². The largest absolute Gasteiger partial charge is 0.487 e. The third kappa shape index (κ3) is 18.9. The van der Waals surface area contributed by atoms with Gasteiger partial charge in [-0.15, -0.1) is 0 Å². The second-order valence-electron chi connectivity index (χ2n) is 24.4. The zero-order chi connectivity index (χ0) is 66.1. The number of rotatable bonds is 29. The van der Waals surface area contributed by atoms with Gasteiger partial charge in [0.2, 0.25) is 35.5 Å². The van der Waals surface area contributed by atoms with Gasteiger partial charge in [0.05, 0.1) is 17.4 Å². The van der Waals surface area contributed by atoms with Crippen molar-refractivity contribution < 1.29 is 56.6 Å². The molecule has 488 valence electrons. The maximum atomic E-state index is 14.9. The summed E-state index contributed by atoms with van der Waals surface area (Å²) in [6.45, 7) is 14.4. The first-order valence-corrected chi connectivity index (χ1v) is 31.8. The number of ether oxygens (including phenoxy) is 2. The molecular formula is C64H89N13O12S. The van der Waals surface area contributed by atoms with Gasteiger partial charge in [0.25, 0.3) is 10.0 Å². The minimum Gasteiger partial charge on any atom is -0.487 e. The van der Waals surface area contributed by atoms with Crippen LogP contribution < -0.4 is 58.1 Å². The Bertz CT molecular complexity index is 3250. The van der Waals surface area contributed by atoms with Gasteiger partial charge in [-0.25, -0.2) is 22.7 Å². The summed E-state index contributed by atoms with van der Waals surface area (Å²) in [6, 6.07) is 21.2. The smallest absolute Gasteiger partial charge is 0.407 e. The molecule has 26 heteroatoms. The van der Waals surface area contributed by atoms with Crippen molar-refractivity contribution in [3.05, 3.63) is 130 Å². The number of fused-ring (bicyclic) bond motifs is 1. The van der Waals surface area contributed by atoms with Gasteiger partial charge >= 0.3 is 12.1 Å². The van der Waals surface area contributed by atoms with Gasteiger partial charge in [0.15, 0.2) is 5.96 Å². The predicted octanol–water partition coefficient (Wildman–Crippen LogP) is 4.22. The van der Waals surface area contributed by atoms with Gasteiger partial charge in [0.1, 0.15) is 46.7 Å². The highest BCUT2D eigenvalue weighted by Crippen LogP contribution is 2.44. The highest BCUT2D eigenvalue weighted by atomic mass is 32.2. The lowest BCUT2D eigenvalue weighted by molar-refractivity contribution is -0.144. The average molecular weight is 1260 g/mol. The molecule has 0 bridgehead atoms. The molecule has 5 atom stereocenters. The number of carboxylic acids is 1. The summed E-state index contributed by atoms with van der Waals surface area (Å²) >= 11 is 0. The molecule has 0 aromatic heterocycles. The molecule has 15 N–H and O–H groups in total. The van der Waals surface area contributed by atoms with Crippen molar-refractivity contribution in [3.63, 3.8) is 0 Å². The molecule has 0 radical (unpaired) electrons. The number of benzene rings is 4.